The number of carbonyl (C=O) groups excluding carboxylic acids is 2. The van der Waals surface area contributed by atoms with Crippen LogP contribution in [-0.2, 0) is 9.59 Å². The van der Waals surface area contributed by atoms with Crippen LogP contribution in [0.2, 0.25) is 0 Å². The molecule has 1 heterocycles. The summed E-state index contributed by atoms with van der Waals surface area (Å²) in [7, 11) is 4.09. The first-order chi connectivity index (χ1) is 10.9. The number of amides is 1. The quantitative estimate of drug-likeness (QED) is 0.782. The first kappa shape index (κ1) is 16.6. The number of anilines is 1. The van der Waals surface area contributed by atoms with Gasteiger partial charge < -0.3 is 19.3 Å². The fraction of sp³-hybridized carbons (Fsp3) is 0.400. The van der Waals surface area contributed by atoms with E-state index >= 15 is 0 Å². The first-order valence-corrected chi connectivity index (χ1v) is 6.86. The van der Waals surface area contributed by atoms with Gasteiger partial charge in [0.2, 0.25) is 5.75 Å². The molecule has 0 saturated heterocycles. The predicted molar refractivity (Wildman–Crippen MR) is 79.6 cm³/mol. The number of aliphatic carboxylic acids is 1. The highest BCUT2D eigenvalue weighted by Crippen LogP contribution is 2.48. The van der Waals surface area contributed by atoms with Gasteiger partial charge in [-0.25, -0.2) is 4.79 Å². The molecule has 1 aromatic rings. The van der Waals surface area contributed by atoms with Crippen molar-refractivity contribution in [2.75, 3.05) is 26.2 Å². The van der Waals surface area contributed by atoms with Crippen LogP contribution in [-0.4, -0.2) is 50.1 Å². The maximum atomic E-state index is 12.3. The Labute approximate surface area is 132 Å². The molecule has 2 rings (SSSR count). The molecule has 1 aliphatic heterocycles. The molecule has 0 aliphatic carbocycles. The number of benzene rings is 1. The molecule has 1 amide bonds. The number of rotatable bonds is 6. The number of fused-ring (bicyclic) bond motifs is 1. The van der Waals surface area contributed by atoms with Crippen molar-refractivity contribution in [2.24, 2.45) is 0 Å². The number of ketones is 1. The summed E-state index contributed by atoms with van der Waals surface area (Å²) in [6.07, 6.45) is 0.143. The molecule has 0 spiro atoms. The third-order valence-electron chi connectivity index (χ3n) is 3.69. The molecule has 124 valence electrons. The lowest BCUT2D eigenvalue weighted by Gasteiger charge is -2.24. The third kappa shape index (κ3) is 2.36. The van der Waals surface area contributed by atoms with Crippen LogP contribution in [0.4, 0.5) is 5.69 Å². The van der Waals surface area contributed by atoms with Gasteiger partial charge in [-0.15, -0.1) is 0 Å². The Kier molecular flexibility index (Phi) is 4.44. The Morgan fingerprint density at radius 2 is 1.78 bits per heavy atom. The molecule has 0 fully saturated rings. The van der Waals surface area contributed by atoms with Crippen LogP contribution >= 0.6 is 0 Å². The number of methoxy groups -OCH3 is 3. The Morgan fingerprint density at radius 1 is 1.17 bits per heavy atom. The summed E-state index contributed by atoms with van der Waals surface area (Å²) in [5.41, 5.74) is 0.124. The second kappa shape index (κ2) is 6.15. The van der Waals surface area contributed by atoms with Gasteiger partial charge in [0.1, 0.15) is 6.04 Å². The van der Waals surface area contributed by atoms with E-state index < -0.39 is 23.7 Å². The standard InChI is InChI=1S/C15H17NO7/c1-5-7(15(19)20)16-8-6-9(21-2)12(22-3)13(23-4)10(8)11(17)14(16)18/h6-7H,5H2,1-4H3,(H,19,20). The van der Waals surface area contributed by atoms with Gasteiger partial charge in [0.05, 0.1) is 32.6 Å². The van der Waals surface area contributed by atoms with E-state index in [-0.39, 0.29) is 34.9 Å². The molecule has 8 heteroatoms. The van der Waals surface area contributed by atoms with Gasteiger partial charge in [-0.05, 0) is 6.42 Å². The van der Waals surface area contributed by atoms with Gasteiger partial charge in [0.25, 0.3) is 11.7 Å². The van der Waals surface area contributed by atoms with E-state index in [0.717, 1.165) is 4.90 Å². The Bertz CT molecular complexity index is 683. The van der Waals surface area contributed by atoms with Crippen molar-refractivity contribution in [3.05, 3.63) is 11.6 Å². The minimum Gasteiger partial charge on any atom is -0.493 e. The first-order valence-electron chi connectivity index (χ1n) is 6.86. The highest BCUT2D eigenvalue weighted by Gasteiger charge is 2.45. The molecule has 23 heavy (non-hydrogen) atoms. The van der Waals surface area contributed by atoms with E-state index in [4.69, 9.17) is 14.2 Å². The molecule has 0 saturated carbocycles. The number of nitrogens with zero attached hydrogens (tertiary/aromatic N) is 1. The molecule has 1 aromatic carbocycles. The molecule has 1 N–H and O–H groups in total. The number of hydrogen-bond donors (Lipinski definition) is 1. The summed E-state index contributed by atoms with van der Waals surface area (Å²) < 4.78 is 15.6. The lowest BCUT2D eigenvalue weighted by Crippen LogP contribution is -2.44. The second-order valence-electron chi connectivity index (χ2n) is 4.81. The zero-order chi connectivity index (χ0) is 17.3. The molecular weight excluding hydrogens is 306 g/mol. The van der Waals surface area contributed by atoms with Gasteiger partial charge in [-0.2, -0.15) is 0 Å². The van der Waals surface area contributed by atoms with Crippen LogP contribution in [0.5, 0.6) is 17.2 Å². The van der Waals surface area contributed by atoms with E-state index in [1.54, 1.807) is 6.92 Å². The normalized spacial score (nSPS) is 14.5. The van der Waals surface area contributed by atoms with Crippen molar-refractivity contribution in [3.8, 4) is 17.2 Å². The van der Waals surface area contributed by atoms with E-state index in [1.807, 2.05) is 0 Å². The summed E-state index contributed by atoms with van der Waals surface area (Å²) in [5, 5.41) is 9.32. The van der Waals surface area contributed by atoms with Crippen LogP contribution in [0, 0.1) is 0 Å². The van der Waals surface area contributed by atoms with Crippen molar-refractivity contribution < 1.29 is 33.7 Å². The lowest BCUT2D eigenvalue weighted by atomic mass is 10.1. The topological polar surface area (TPSA) is 102 Å². The SMILES string of the molecule is CCC(C(=O)O)N1C(=O)C(=O)c2c1cc(OC)c(OC)c2OC. The zero-order valence-electron chi connectivity index (χ0n) is 13.2. The summed E-state index contributed by atoms with van der Waals surface area (Å²) in [4.78, 5) is 37.0. The van der Waals surface area contributed by atoms with Crippen molar-refractivity contribution in [3.63, 3.8) is 0 Å². The molecular formula is C15H17NO7. The number of ether oxygens (including phenoxy) is 3. The Hall–Kier alpha value is -2.77. The molecule has 0 aromatic heterocycles. The molecule has 0 radical (unpaired) electrons. The van der Waals surface area contributed by atoms with Crippen LogP contribution in [0.1, 0.15) is 23.7 Å². The molecule has 8 nitrogen and oxygen atoms in total. The van der Waals surface area contributed by atoms with E-state index in [9.17, 15) is 19.5 Å². The number of hydrogen-bond acceptors (Lipinski definition) is 6. The van der Waals surface area contributed by atoms with Gasteiger partial charge in [-0.1, -0.05) is 6.92 Å². The monoisotopic (exact) mass is 323 g/mol. The number of Topliss-reactive ketones (excluding diaryl/α,β-unsaturated/α-hetero) is 1. The second-order valence-corrected chi connectivity index (χ2v) is 4.81. The van der Waals surface area contributed by atoms with Gasteiger partial charge in [0, 0.05) is 6.07 Å². The predicted octanol–water partition coefficient (Wildman–Crippen LogP) is 1.10. The maximum Gasteiger partial charge on any atom is 0.326 e. The van der Waals surface area contributed by atoms with Crippen molar-refractivity contribution in [1.82, 2.24) is 0 Å². The fourth-order valence-corrected chi connectivity index (χ4v) is 2.66. The molecule has 0 bridgehead atoms. The summed E-state index contributed by atoms with van der Waals surface area (Å²) in [6.45, 7) is 1.62. The van der Waals surface area contributed by atoms with Crippen LogP contribution < -0.4 is 19.1 Å². The van der Waals surface area contributed by atoms with Crippen LogP contribution in [0.15, 0.2) is 6.07 Å². The molecule has 1 atom stereocenters. The highest BCUT2D eigenvalue weighted by atomic mass is 16.5. The average Bonchev–Trinajstić information content (AvgIpc) is 2.78. The highest BCUT2D eigenvalue weighted by molar-refractivity contribution is 6.53. The largest absolute Gasteiger partial charge is 0.493 e. The van der Waals surface area contributed by atoms with Gasteiger partial charge in [0.15, 0.2) is 11.5 Å². The zero-order valence-corrected chi connectivity index (χ0v) is 13.2. The Morgan fingerprint density at radius 3 is 2.22 bits per heavy atom. The van der Waals surface area contributed by atoms with Gasteiger partial charge in [-0.3, -0.25) is 14.5 Å². The summed E-state index contributed by atoms with van der Waals surface area (Å²) in [5.74, 6) is -2.51. The minimum atomic E-state index is -1.20. The smallest absolute Gasteiger partial charge is 0.326 e. The number of carboxylic acids is 1. The fourth-order valence-electron chi connectivity index (χ4n) is 2.66. The van der Waals surface area contributed by atoms with E-state index in [2.05, 4.69) is 0 Å². The van der Waals surface area contributed by atoms with Crippen molar-refractivity contribution in [1.29, 1.82) is 0 Å². The summed E-state index contributed by atoms with van der Waals surface area (Å²) in [6, 6.07) is 0.251. The lowest BCUT2D eigenvalue weighted by molar-refractivity contribution is -0.139. The van der Waals surface area contributed by atoms with Crippen molar-refractivity contribution in [2.45, 2.75) is 19.4 Å². The van der Waals surface area contributed by atoms with Crippen LogP contribution in [0.3, 0.4) is 0 Å². The van der Waals surface area contributed by atoms with Crippen molar-refractivity contribution >= 4 is 23.3 Å². The van der Waals surface area contributed by atoms with E-state index in [1.165, 1.54) is 27.4 Å². The number of carboxylic acid groups (broad SMARTS) is 1. The maximum absolute atomic E-state index is 12.3. The Balaban J connectivity index is 2.77. The molecule has 1 unspecified atom stereocenters. The van der Waals surface area contributed by atoms with Gasteiger partial charge >= 0.3 is 5.97 Å². The number of carbonyl (C=O) groups is 3. The van der Waals surface area contributed by atoms with E-state index in [0.29, 0.717) is 0 Å². The summed E-state index contributed by atoms with van der Waals surface area (Å²) >= 11 is 0. The third-order valence-corrected chi connectivity index (χ3v) is 3.69. The average molecular weight is 323 g/mol. The molecule has 1 aliphatic rings. The van der Waals surface area contributed by atoms with Crippen LogP contribution in [0.25, 0.3) is 0 Å². The minimum absolute atomic E-state index is 0.0187.